The van der Waals surface area contributed by atoms with E-state index in [1.165, 1.54) is 11.6 Å². The molecule has 3 fully saturated rings. The van der Waals surface area contributed by atoms with Crippen molar-refractivity contribution in [2.75, 3.05) is 0 Å². The predicted octanol–water partition coefficient (Wildman–Crippen LogP) is 4.82. The van der Waals surface area contributed by atoms with Crippen LogP contribution >= 0.6 is 0 Å². The van der Waals surface area contributed by atoms with Gasteiger partial charge < -0.3 is 14.9 Å². The average Bonchev–Trinajstić information content (AvgIpc) is 2.95. The van der Waals surface area contributed by atoms with Crippen LogP contribution < -0.4 is 5.63 Å². The molecule has 28 heavy (non-hydrogen) atoms. The molecule has 0 bridgehead atoms. The largest absolute Gasteiger partial charge is 0.431 e. The zero-order chi connectivity index (χ0) is 19.7. The molecule has 0 saturated heterocycles. The zero-order valence-electron chi connectivity index (χ0n) is 17.0. The van der Waals surface area contributed by atoms with E-state index in [4.69, 9.17) is 9.83 Å². The maximum Gasteiger partial charge on any atom is 0.335 e. The highest BCUT2D eigenvalue weighted by molar-refractivity contribution is 5.94. The summed E-state index contributed by atoms with van der Waals surface area (Å²) >= 11 is 0. The molecule has 0 spiro atoms. The average molecular weight is 382 g/mol. The summed E-state index contributed by atoms with van der Waals surface area (Å²) in [6.45, 7) is 4.67. The Balaban J connectivity index is 1.52. The molecule has 6 atom stereocenters. The number of fused-ring (bicyclic) bond motifs is 5. The van der Waals surface area contributed by atoms with Gasteiger partial charge in [0.25, 0.3) is 0 Å². The molecule has 3 saturated carbocycles. The Labute approximate surface area is 166 Å². The van der Waals surface area contributed by atoms with Crippen molar-refractivity contribution in [1.82, 2.24) is 0 Å². The quantitative estimate of drug-likeness (QED) is 0.732. The van der Waals surface area contributed by atoms with Crippen LogP contribution in [0.3, 0.4) is 0 Å². The lowest BCUT2D eigenvalue weighted by molar-refractivity contribution is -0.176. The topological polar surface area (TPSA) is 74.3 Å². The Kier molecular flexibility index (Phi) is 3.88. The number of rotatable bonds is 1. The fourth-order valence-electron chi connectivity index (χ4n) is 7.66. The molecule has 150 valence electrons. The molecule has 4 nitrogen and oxygen atoms in total. The third-order valence-corrected chi connectivity index (χ3v) is 9.31. The molecule has 5 rings (SSSR count). The molecule has 0 aliphatic heterocycles. The van der Waals surface area contributed by atoms with E-state index in [-0.39, 0.29) is 22.4 Å². The first-order valence-electron chi connectivity index (χ1n) is 10.9. The van der Waals surface area contributed by atoms with Crippen LogP contribution in [0.4, 0.5) is 0 Å². The summed E-state index contributed by atoms with van der Waals surface area (Å²) in [5.41, 5.74) is 2.29. The Morgan fingerprint density at radius 2 is 1.89 bits per heavy atom. The Bertz CT molecular complexity index is 896. The lowest BCUT2D eigenvalue weighted by Crippen LogP contribution is -2.60. The van der Waals surface area contributed by atoms with Crippen LogP contribution in [0.25, 0.3) is 0 Å². The SMILES string of the molecule is CC12CCC(=N)C=C1CCC1C2CCC2(C)C(c3ccc(=O)oc3)CCC12O. The second-order valence-corrected chi connectivity index (χ2v) is 10.2. The molecule has 0 radical (unpaired) electrons. The molecule has 4 aliphatic rings. The first-order valence-corrected chi connectivity index (χ1v) is 10.9. The number of aliphatic hydroxyl groups is 1. The van der Waals surface area contributed by atoms with Gasteiger partial charge in [-0.05, 0) is 92.2 Å². The summed E-state index contributed by atoms with van der Waals surface area (Å²) in [5.74, 6) is 1.07. The highest BCUT2D eigenvalue weighted by Gasteiger charge is 2.66. The minimum absolute atomic E-state index is 0.141. The van der Waals surface area contributed by atoms with E-state index in [1.807, 2.05) is 6.07 Å². The summed E-state index contributed by atoms with van der Waals surface area (Å²) in [4.78, 5) is 11.4. The van der Waals surface area contributed by atoms with Gasteiger partial charge in [0, 0.05) is 17.2 Å². The molecule has 1 aromatic heterocycles. The first kappa shape index (κ1) is 18.4. The van der Waals surface area contributed by atoms with E-state index in [9.17, 15) is 9.90 Å². The van der Waals surface area contributed by atoms with Gasteiger partial charge in [-0.15, -0.1) is 0 Å². The van der Waals surface area contributed by atoms with Crippen LogP contribution in [0.1, 0.15) is 76.7 Å². The maximum absolute atomic E-state index is 12.2. The summed E-state index contributed by atoms with van der Waals surface area (Å²) < 4.78 is 5.17. The van der Waals surface area contributed by atoms with Crippen LogP contribution in [0.2, 0.25) is 0 Å². The second kappa shape index (κ2) is 5.91. The van der Waals surface area contributed by atoms with Crippen molar-refractivity contribution in [1.29, 1.82) is 5.41 Å². The minimum Gasteiger partial charge on any atom is -0.431 e. The van der Waals surface area contributed by atoms with Crippen LogP contribution in [0, 0.1) is 28.1 Å². The van der Waals surface area contributed by atoms with E-state index in [2.05, 4.69) is 19.9 Å². The van der Waals surface area contributed by atoms with Gasteiger partial charge in [0.05, 0.1) is 11.9 Å². The van der Waals surface area contributed by atoms with E-state index in [1.54, 1.807) is 6.26 Å². The summed E-state index contributed by atoms with van der Waals surface area (Å²) in [7, 11) is 0. The van der Waals surface area contributed by atoms with Crippen LogP contribution in [-0.4, -0.2) is 16.4 Å². The second-order valence-electron chi connectivity index (χ2n) is 10.2. The minimum atomic E-state index is -0.657. The monoisotopic (exact) mass is 381 g/mol. The number of allylic oxidation sites excluding steroid dienone is 2. The molecule has 0 amide bonds. The predicted molar refractivity (Wildman–Crippen MR) is 109 cm³/mol. The van der Waals surface area contributed by atoms with Gasteiger partial charge in [-0.2, -0.15) is 0 Å². The van der Waals surface area contributed by atoms with E-state index >= 15 is 0 Å². The van der Waals surface area contributed by atoms with Gasteiger partial charge in [0.2, 0.25) is 0 Å². The van der Waals surface area contributed by atoms with Crippen molar-refractivity contribution in [2.24, 2.45) is 22.7 Å². The van der Waals surface area contributed by atoms with Gasteiger partial charge in [0.15, 0.2) is 0 Å². The lowest BCUT2D eigenvalue weighted by Gasteiger charge is -2.61. The highest BCUT2D eigenvalue weighted by Crippen LogP contribution is 2.69. The molecule has 4 aliphatic carbocycles. The summed E-state index contributed by atoms with van der Waals surface area (Å²) in [5, 5.41) is 20.3. The van der Waals surface area contributed by atoms with Crippen molar-refractivity contribution in [3.63, 3.8) is 0 Å². The first-order chi connectivity index (χ1) is 13.3. The number of hydrogen-bond donors (Lipinski definition) is 2. The fourth-order valence-corrected chi connectivity index (χ4v) is 7.66. The summed E-state index contributed by atoms with van der Waals surface area (Å²) in [6.07, 6.45) is 11.7. The molecule has 1 heterocycles. The van der Waals surface area contributed by atoms with Crippen molar-refractivity contribution in [2.45, 2.75) is 76.7 Å². The van der Waals surface area contributed by atoms with E-state index in [0.29, 0.717) is 11.8 Å². The van der Waals surface area contributed by atoms with Crippen molar-refractivity contribution in [3.05, 3.63) is 46.0 Å². The van der Waals surface area contributed by atoms with Gasteiger partial charge >= 0.3 is 5.63 Å². The standard InChI is InChI=1S/C24H31NO3/c1-22-10-7-17(25)13-16(22)4-5-20-19(22)8-11-23(2)18(9-12-24(20,23)27)15-3-6-21(26)28-14-15/h3,6,13-14,18-20,25,27H,4-5,7-12H2,1-2H3. The molecule has 1 aromatic rings. The summed E-state index contributed by atoms with van der Waals surface area (Å²) in [6, 6.07) is 3.41. The molecule has 2 N–H and O–H groups in total. The molecular formula is C24H31NO3. The van der Waals surface area contributed by atoms with Crippen molar-refractivity contribution < 1.29 is 9.52 Å². The number of hydrogen-bond acceptors (Lipinski definition) is 4. The van der Waals surface area contributed by atoms with Crippen LogP contribution in [-0.2, 0) is 0 Å². The van der Waals surface area contributed by atoms with Gasteiger partial charge in [-0.3, -0.25) is 0 Å². The van der Waals surface area contributed by atoms with Crippen LogP contribution in [0.15, 0.2) is 39.3 Å². The molecule has 4 heteroatoms. The molecule has 0 aromatic carbocycles. The Morgan fingerprint density at radius 3 is 2.64 bits per heavy atom. The van der Waals surface area contributed by atoms with Gasteiger partial charge in [-0.25, -0.2) is 4.79 Å². The van der Waals surface area contributed by atoms with E-state index in [0.717, 1.165) is 62.6 Å². The van der Waals surface area contributed by atoms with Crippen molar-refractivity contribution >= 4 is 5.71 Å². The highest BCUT2D eigenvalue weighted by atomic mass is 16.4. The normalized spacial score (nSPS) is 45.0. The Morgan fingerprint density at radius 1 is 1.07 bits per heavy atom. The zero-order valence-corrected chi connectivity index (χ0v) is 17.0. The third-order valence-electron chi connectivity index (χ3n) is 9.31. The Hall–Kier alpha value is -1.68. The molecule has 6 unspecified atom stereocenters. The van der Waals surface area contributed by atoms with E-state index < -0.39 is 5.60 Å². The molecular weight excluding hydrogens is 350 g/mol. The lowest BCUT2D eigenvalue weighted by atomic mass is 9.45. The van der Waals surface area contributed by atoms with Gasteiger partial charge in [0.1, 0.15) is 0 Å². The van der Waals surface area contributed by atoms with Crippen LogP contribution in [0.5, 0.6) is 0 Å². The third kappa shape index (κ3) is 2.27. The van der Waals surface area contributed by atoms with Gasteiger partial charge in [-0.1, -0.05) is 19.4 Å². The number of nitrogens with one attached hydrogen (secondary N) is 1. The smallest absolute Gasteiger partial charge is 0.335 e. The maximum atomic E-state index is 12.2. The fraction of sp³-hybridized carbons (Fsp3) is 0.667. The van der Waals surface area contributed by atoms with Crippen molar-refractivity contribution in [3.8, 4) is 0 Å².